The van der Waals surface area contributed by atoms with E-state index in [1.54, 1.807) is 0 Å². The lowest BCUT2D eigenvalue weighted by molar-refractivity contribution is 0.632. The van der Waals surface area contributed by atoms with Gasteiger partial charge in [-0.2, -0.15) is 0 Å². The van der Waals surface area contributed by atoms with Crippen LogP contribution < -0.4 is 0 Å². The summed E-state index contributed by atoms with van der Waals surface area (Å²) < 4.78 is 2.20. The molecule has 0 nitrogen and oxygen atoms in total. The van der Waals surface area contributed by atoms with Crippen molar-refractivity contribution in [3.8, 4) is 22.3 Å². The Morgan fingerprint density at radius 3 is 0.925 bits per heavy atom. The molecule has 188 valence electrons. The van der Waals surface area contributed by atoms with Crippen molar-refractivity contribution in [2.75, 3.05) is 0 Å². The molecule has 2 heteroatoms. The molecule has 0 saturated heterocycles. The molecule has 40 heavy (non-hydrogen) atoms. The maximum Gasteiger partial charge on any atom is 0.0720 e. The van der Waals surface area contributed by atoms with E-state index in [-0.39, 0.29) is 0 Å². The first kappa shape index (κ1) is 23.0. The molecular formula is C38H22Br2. The highest BCUT2D eigenvalue weighted by atomic mass is 79.9. The second-order valence-electron chi connectivity index (χ2n) is 11.1. The minimum absolute atomic E-state index is 0.430. The third-order valence-electron chi connectivity index (χ3n) is 9.48. The van der Waals surface area contributed by atoms with E-state index in [1.165, 1.54) is 66.8 Å². The minimum atomic E-state index is -0.430. The molecule has 0 aliphatic heterocycles. The number of halogens is 2. The van der Waals surface area contributed by atoms with Gasteiger partial charge < -0.3 is 0 Å². The molecule has 0 aromatic heterocycles. The van der Waals surface area contributed by atoms with E-state index in [4.69, 9.17) is 0 Å². The Balaban J connectivity index is 1.56. The van der Waals surface area contributed by atoms with Gasteiger partial charge in [-0.05, 0) is 91.0 Å². The summed E-state index contributed by atoms with van der Waals surface area (Å²) in [6.07, 6.45) is 0. The van der Waals surface area contributed by atoms with Crippen LogP contribution in [-0.4, -0.2) is 0 Å². The molecule has 6 aromatic rings. The summed E-state index contributed by atoms with van der Waals surface area (Å²) >= 11 is 7.81. The van der Waals surface area contributed by atoms with Gasteiger partial charge in [0.05, 0.1) is 10.8 Å². The van der Waals surface area contributed by atoms with Gasteiger partial charge in [-0.15, -0.1) is 0 Å². The van der Waals surface area contributed by atoms with Crippen LogP contribution in [0.15, 0.2) is 142 Å². The highest BCUT2D eigenvalue weighted by Gasteiger charge is 2.58. The fourth-order valence-corrected chi connectivity index (χ4v) is 8.95. The van der Waals surface area contributed by atoms with Crippen LogP contribution in [-0.2, 0) is 10.8 Å². The molecule has 0 N–H and O–H groups in total. The number of hydrogen-bond acceptors (Lipinski definition) is 0. The molecule has 0 heterocycles. The lowest BCUT2D eigenvalue weighted by Crippen LogP contribution is -2.43. The van der Waals surface area contributed by atoms with Crippen molar-refractivity contribution in [1.29, 1.82) is 0 Å². The molecule has 0 bridgehead atoms. The first-order valence-corrected chi connectivity index (χ1v) is 15.2. The lowest BCUT2D eigenvalue weighted by atomic mass is 9.52. The smallest absolute Gasteiger partial charge is 0.0619 e. The van der Waals surface area contributed by atoms with Gasteiger partial charge in [-0.1, -0.05) is 141 Å². The Morgan fingerprint density at radius 2 is 0.600 bits per heavy atom. The average molecular weight is 638 g/mol. The van der Waals surface area contributed by atoms with Gasteiger partial charge in [0.1, 0.15) is 0 Å². The number of rotatable bonds is 0. The number of fused-ring (bicyclic) bond motifs is 16. The van der Waals surface area contributed by atoms with Crippen LogP contribution in [0.5, 0.6) is 0 Å². The molecule has 0 atom stereocenters. The number of benzene rings is 6. The molecule has 3 aliphatic rings. The van der Waals surface area contributed by atoms with Gasteiger partial charge in [0.25, 0.3) is 0 Å². The van der Waals surface area contributed by atoms with E-state index >= 15 is 0 Å². The third-order valence-corrected chi connectivity index (χ3v) is 10.5. The first-order chi connectivity index (χ1) is 19.7. The first-order valence-electron chi connectivity index (χ1n) is 13.7. The van der Waals surface area contributed by atoms with Gasteiger partial charge >= 0.3 is 0 Å². The molecule has 0 amide bonds. The van der Waals surface area contributed by atoms with Gasteiger partial charge in [-0.25, -0.2) is 0 Å². The molecule has 0 fully saturated rings. The molecule has 0 unspecified atom stereocenters. The molecular weight excluding hydrogens is 616 g/mol. The summed E-state index contributed by atoms with van der Waals surface area (Å²) in [5.41, 5.74) is 15.2. The number of hydrogen-bond donors (Lipinski definition) is 0. The molecule has 2 spiro atoms. The van der Waals surface area contributed by atoms with Gasteiger partial charge in [0, 0.05) is 8.95 Å². The van der Waals surface area contributed by atoms with E-state index in [2.05, 4.69) is 165 Å². The fourth-order valence-electron chi connectivity index (χ4n) is 8.23. The van der Waals surface area contributed by atoms with Gasteiger partial charge in [-0.3, -0.25) is 0 Å². The summed E-state index contributed by atoms with van der Waals surface area (Å²) in [6.45, 7) is 0. The van der Waals surface area contributed by atoms with E-state index in [1.807, 2.05) is 0 Å². The SMILES string of the molecule is Brc1ccc2c(c1)C1(c3ccccc3-c3ccccc31)c1ccc(Br)cc1C21c2ccccc2-c2ccccc21. The summed E-state index contributed by atoms with van der Waals surface area (Å²) in [5.74, 6) is 0. The van der Waals surface area contributed by atoms with Crippen LogP contribution in [0, 0.1) is 0 Å². The normalized spacial score (nSPS) is 15.7. The Labute approximate surface area is 250 Å². The van der Waals surface area contributed by atoms with Crippen LogP contribution >= 0.6 is 31.9 Å². The summed E-state index contributed by atoms with van der Waals surface area (Å²) in [7, 11) is 0. The Bertz CT molecular complexity index is 1810. The quantitative estimate of drug-likeness (QED) is 0.155. The standard InChI is InChI=1S/C38H22Br2/c39-23-18-20-34-35(21-23)37(29-13-5-1-9-25(29)26-10-2-6-14-30(26)37)33-19-17-24(40)22-36(33)38(34)31-15-7-3-11-27(31)28-12-4-8-16-32(28)38/h1-22H. The van der Waals surface area contributed by atoms with E-state index in [9.17, 15) is 0 Å². The van der Waals surface area contributed by atoms with E-state index < -0.39 is 10.8 Å². The van der Waals surface area contributed by atoms with Crippen LogP contribution in [0.4, 0.5) is 0 Å². The zero-order valence-corrected chi connectivity index (χ0v) is 24.6. The lowest BCUT2D eigenvalue weighted by Gasteiger charge is -2.49. The van der Waals surface area contributed by atoms with Crippen molar-refractivity contribution in [1.82, 2.24) is 0 Å². The minimum Gasteiger partial charge on any atom is -0.0619 e. The molecule has 0 saturated carbocycles. The second kappa shape index (κ2) is 7.94. The predicted molar refractivity (Wildman–Crippen MR) is 170 cm³/mol. The maximum absolute atomic E-state index is 3.91. The molecule has 6 aromatic carbocycles. The third kappa shape index (κ3) is 2.54. The predicted octanol–water partition coefficient (Wildman–Crippen LogP) is 10.3. The second-order valence-corrected chi connectivity index (χ2v) is 12.9. The van der Waals surface area contributed by atoms with E-state index in [0.29, 0.717) is 0 Å². The van der Waals surface area contributed by atoms with Crippen molar-refractivity contribution >= 4 is 31.9 Å². The molecule has 3 aliphatic carbocycles. The fraction of sp³-hybridized carbons (Fsp3) is 0.0526. The van der Waals surface area contributed by atoms with Crippen LogP contribution in [0.1, 0.15) is 44.5 Å². The van der Waals surface area contributed by atoms with Gasteiger partial charge in [0.2, 0.25) is 0 Å². The van der Waals surface area contributed by atoms with Crippen LogP contribution in [0.25, 0.3) is 22.3 Å². The van der Waals surface area contributed by atoms with Gasteiger partial charge in [0.15, 0.2) is 0 Å². The van der Waals surface area contributed by atoms with Crippen molar-refractivity contribution in [2.45, 2.75) is 10.8 Å². The van der Waals surface area contributed by atoms with Crippen molar-refractivity contribution in [3.63, 3.8) is 0 Å². The van der Waals surface area contributed by atoms with E-state index in [0.717, 1.165) is 8.95 Å². The molecule has 0 radical (unpaired) electrons. The van der Waals surface area contributed by atoms with Crippen LogP contribution in [0.2, 0.25) is 0 Å². The maximum atomic E-state index is 3.91. The Kier molecular flexibility index (Phi) is 4.57. The Morgan fingerprint density at radius 1 is 0.300 bits per heavy atom. The molecule has 9 rings (SSSR count). The van der Waals surface area contributed by atoms with Crippen molar-refractivity contribution < 1.29 is 0 Å². The average Bonchev–Trinajstić information content (AvgIpc) is 3.46. The monoisotopic (exact) mass is 636 g/mol. The highest BCUT2D eigenvalue weighted by molar-refractivity contribution is 9.10. The topological polar surface area (TPSA) is 0 Å². The zero-order valence-electron chi connectivity index (χ0n) is 21.5. The van der Waals surface area contributed by atoms with Crippen molar-refractivity contribution in [3.05, 3.63) is 187 Å². The van der Waals surface area contributed by atoms with Crippen molar-refractivity contribution in [2.24, 2.45) is 0 Å². The van der Waals surface area contributed by atoms with Crippen LogP contribution in [0.3, 0.4) is 0 Å². The summed E-state index contributed by atoms with van der Waals surface area (Å²) in [5, 5.41) is 0. The highest BCUT2D eigenvalue weighted by Crippen LogP contribution is 2.67. The zero-order chi connectivity index (χ0) is 26.6. The Hall–Kier alpha value is -3.72. The summed E-state index contributed by atoms with van der Waals surface area (Å²) in [4.78, 5) is 0. The largest absolute Gasteiger partial charge is 0.0720 e. The summed E-state index contributed by atoms with van der Waals surface area (Å²) in [6, 6.07) is 50.1.